The van der Waals surface area contributed by atoms with Gasteiger partial charge in [0, 0.05) is 0 Å². The maximum Gasteiger partial charge on any atom is 0.0974 e. The van der Waals surface area contributed by atoms with E-state index in [1.54, 1.807) is 0 Å². The molecule has 4 heteroatoms. The fourth-order valence-electron chi connectivity index (χ4n) is 0.129. The maximum absolute atomic E-state index is 8.09. The predicted octanol–water partition coefficient (Wildman–Crippen LogP) is 3.33. The molecule has 0 aliphatic heterocycles. The van der Waals surface area contributed by atoms with Crippen LogP contribution in [0.25, 0.3) is 0 Å². The zero-order valence-corrected chi connectivity index (χ0v) is 10.1. The van der Waals surface area contributed by atoms with Gasteiger partial charge >= 0.3 is 0 Å². The highest BCUT2D eigenvalue weighted by molar-refractivity contribution is 4.61. The SMILES string of the molecule is CCC(C)(C)OO.CCC(C)(C)OO. The van der Waals surface area contributed by atoms with E-state index in [0.29, 0.717) is 0 Å². The molecule has 0 aromatic carbocycles. The van der Waals surface area contributed by atoms with E-state index in [1.807, 2.05) is 41.5 Å². The van der Waals surface area contributed by atoms with E-state index in [-0.39, 0.29) is 11.2 Å². The van der Waals surface area contributed by atoms with E-state index < -0.39 is 0 Å². The van der Waals surface area contributed by atoms with Gasteiger partial charge in [-0.15, -0.1) is 0 Å². The fraction of sp³-hybridized carbons (Fsp3) is 1.00. The minimum atomic E-state index is -0.361. The van der Waals surface area contributed by atoms with Crippen LogP contribution in [0.5, 0.6) is 0 Å². The quantitative estimate of drug-likeness (QED) is 0.549. The summed E-state index contributed by atoms with van der Waals surface area (Å²) in [6.45, 7) is 11.2. The second-order valence-corrected chi connectivity index (χ2v) is 4.41. The number of rotatable bonds is 4. The second kappa shape index (κ2) is 7.17. The molecule has 0 spiro atoms. The highest BCUT2D eigenvalue weighted by atomic mass is 17.1. The van der Waals surface area contributed by atoms with Crippen molar-refractivity contribution in [2.24, 2.45) is 0 Å². The molecule has 0 atom stereocenters. The lowest BCUT2D eigenvalue weighted by atomic mass is 10.1. The molecule has 0 aromatic rings. The van der Waals surface area contributed by atoms with Crippen molar-refractivity contribution in [3.05, 3.63) is 0 Å². The summed E-state index contributed by atoms with van der Waals surface area (Å²) in [4.78, 5) is 8.17. The Labute approximate surface area is 86.7 Å². The molecule has 2 N–H and O–H groups in total. The first-order chi connectivity index (χ1) is 6.24. The van der Waals surface area contributed by atoms with Crippen molar-refractivity contribution in [2.75, 3.05) is 0 Å². The molecule has 0 amide bonds. The Bertz CT molecular complexity index is 104. The van der Waals surface area contributed by atoms with Crippen LogP contribution in [0.3, 0.4) is 0 Å². The molecule has 0 saturated heterocycles. The highest BCUT2D eigenvalue weighted by Gasteiger charge is 2.14. The minimum absolute atomic E-state index is 0.361. The van der Waals surface area contributed by atoms with Crippen LogP contribution in [0.15, 0.2) is 0 Å². The molecule has 0 saturated carbocycles. The summed E-state index contributed by atoms with van der Waals surface area (Å²) >= 11 is 0. The van der Waals surface area contributed by atoms with E-state index in [4.69, 9.17) is 10.5 Å². The van der Waals surface area contributed by atoms with Crippen molar-refractivity contribution < 1.29 is 20.3 Å². The Balaban J connectivity index is 0. The average Bonchev–Trinajstić information content (AvgIpc) is 2.19. The molecule has 0 aliphatic carbocycles. The van der Waals surface area contributed by atoms with Gasteiger partial charge in [0.05, 0.1) is 11.2 Å². The molecule has 0 aromatic heterocycles. The minimum Gasteiger partial charge on any atom is -0.251 e. The third-order valence-corrected chi connectivity index (χ3v) is 2.20. The lowest BCUT2D eigenvalue weighted by molar-refractivity contribution is -0.313. The molecule has 0 aliphatic rings. The molecule has 0 radical (unpaired) electrons. The van der Waals surface area contributed by atoms with Crippen molar-refractivity contribution in [3.8, 4) is 0 Å². The number of hydrogen-bond donors (Lipinski definition) is 2. The van der Waals surface area contributed by atoms with Gasteiger partial charge < -0.3 is 0 Å². The third-order valence-electron chi connectivity index (χ3n) is 2.20. The summed E-state index contributed by atoms with van der Waals surface area (Å²) in [6, 6.07) is 0. The van der Waals surface area contributed by atoms with E-state index >= 15 is 0 Å². The van der Waals surface area contributed by atoms with Crippen LogP contribution in [-0.4, -0.2) is 21.7 Å². The van der Waals surface area contributed by atoms with Crippen molar-refractivity contribution in [1.82, 2.24) is 0 Å². The summed E-state index contributed by atoms with van der Waals surface area (Å²) in [7, 11) is 0. The summed E-state index contributed by atoms with van der Waals surface area (Å²) in [6.07, 6.45) is 1.65. The van der Waals surface area contributed by atoms with Gasteiger partial charge in [0.1, 0.15) is 0 Å². The third kappa shape index (κ3) is 9.92. The van der Waals surface area contributed by atoms with E-state index in [9.17, 15) is 0 Å². The van der Waals surface area contributed by atoms with Gasteiger partial charge in [-0.05, 0) is 40.5 Å². The van der Waals surface area contributed by atoms with Gasteiger partial charge in [0.25, 0.3) is 0 Å². The lowest BCUT2D eigenvalue weighted by Gasteiger charge is -2.16. The van der Waals surface area contributed by atoms with Crippen LogP contribution in [0.2, 0.25) is 0 Å². The van der Waals surface area contributed by atoms with E-state index in [2.05, 4.69) is 9.78 Å². The van der Waals surface area contributed by atoms with Gasteiger partial charge in [-0.1, -0.05) is 13.8 Å². The van der Waals surface area contributed by atoms with Gasteiger partial charge in [-0.2, -0.15) is 0 Å². The Morgan fingerprint density at radius 1 is 0.786 bits per heavy atom. The van der Waals surface area contributed by atoms with E-state index in [1.165, 1.54) is 0 Å². The first-order valence-electron chi connectivity index (χ1n) is 4.89. The molecule has 0 rings (SSSR count). The highest BCUT2D eigenvalue weighted by Crippen LogP contribution is 2.10. The Kier molecular flexibility index (Phi) is 8.34. The molecule has 14 heavy (non-hydrogen) atoms. The van der Waals surface area contributed by atoms with Crippen LogP contribution in [0.4, 0.5) is 0 Å². The topological polar surface area (TPSA) is 58.9 Å². The smallest absolute Gasteiger partial charge is 0.0974 e. The zero-order valence-electron chi connectivity index (χ0n) is 10.1. The van der Waals surface area contributed by atoms with Crippen LogP contribution in [-0.2, 0) is 9.78 Å². The second-order valence-electron chi connectivity index (χ2n) is 4.41. The van der Waals surface area contributed by atoms with Gasteiger partial charge in [0.2, 0.25) is 0 Å². The van der Waals surface area contributed by atoms with Crippen LogP contribution < -0.4 is 0 Å². The predicted molar refractivity (Wildman–Crippen MR) is 56.2 cm³/mol. The van der Waals surface area contributed by atoms with Crippen molar-refractivity contribution >= 4 is 0 Å². The maximum atomic E-state index is 8.09. The molecule has 0 fully saturated rings. The summed E-state index contributed by atoms with van der Waals surface area (Å²) < 4.78 is 0. The van der Waals surface area contributed by atoms with Gasteiger partial charge in [-0.3, -0.25) is 10.5 Å². The molecule has 4 nitrogen and oxygen atoms in total. The zero-order chi connectivity index (χ0) is 11.8. The molecule has 0 bridgehead atoms. The summed E-state index contributed by atoms with van der Waals surface area (Å²) in [5.74, 6) is 0. The molecule has 0 unspecified atom stereocenters. The summed E-state index contributed by atoms with van der Waals surface area (Å²) in [5, 5.41) is 16.2. The normalized spacial score (nSPS) is 12.0. The van der Waals surface area contributed by atoms with E-state index in [0.717, 1.165) is 12.8 Å². The largest absolute Gasteiger partial charge is 0.251 e. The monoisotopic (exact) mass is 208 g/mol. The van der Waals surface area contributed by atoms with Crippen molar-refractivity contribution in [2.45, 2.75) is 65.6 Å². The van der Waals surface area contributed by atoms with Crippen molar-refractivity contribution in [3.63, 3.8) is 0 Å². The Hall–Kier alpha value is -0.160. The lowest BCUT2D eigenvalue weighted by Crippen LogP contribution is -2.20. The van der Waals surface area contributed by atoms with Gasteiger partial charge in [0.15, 0.2) is 0 Å². The first kappa shape index (κ1) is 16.3. The number of hydrogen-bond acceptors (Lipinski definition) is 4. The molecule has 0 heterocycles. The molecule has 88 valence electrons. The fourth-order valence-corrected chi connectivity index (χ4v) is 0.129. The van der Waals surface area contributed by atoms with Crippen LogP contribution in [0.1, 0.15) is 54.4 Å². The Morgan fingerprint density at radius 3 is 1.00 bits per heavy atom. The first-order valence-corrected chi connectivity index (χ1v) is 4.89. The molecular formula is C10H24O4. The standard InChI is InChI=1S/2C5H12O2/c2*1-4-5(2,3)7-6/h2*6H,4H2,1-3H3. The Morgan fingerprint density at radius 2 is 1.00 bits per heavy atom. The average molecular weight is 208 g/mol. The summed E-state index contributed by atoms with van der Waals surface area (Å²) in [5.41, 5.74) is -0.722. The van der Waals surface area contributed by atoms with Crippen molar-refractivity contribution in [1.29, 1.82) is 0 Å². The van der Waals surface area contributed by atoms with Crippen LogP contribution in [0, 0.1) is 0 Å². The molecular weight excluding hydrogens is 184 g/mol. The van der Waals surface area contributed by atoms with Gasteiger partial charge in [-0.25, -0.2) is 9.78 Å². The van der Waals surface area contributed by atoms with Crippen LogP contribution >= 0.6 is 0 Å².